The van der Waals surface area contributed by atoms with Crippen molar-refractivity contribution in [1.82, 2.24) is 20.1 Å². The molecule has 3 heterocycles. The van der Waals surface area contributed by atoms with Gasteiger partial charge in [-0.15, -0.1) is 0 Å². The first-order valence-electron chi connectivity index (χ1n) is 9.02. The van der Waals surface area contributed by atoms with Gasteiger partial charge in [0.1, 0.15) is 5.75 Å². The summed E-state index contributed by atoms with van der Waals surface area (Å²) < 4.78 is 5.19. The summed E-state index contributed by atoms with van der Waals surface area (Å²) in [6.45, 7) is 7.51. The van der Waals surface area contributed by atoms with E-state index in [1.165, 1.54) is 12.8 Å². The largest absolute Gasteiger partial charge is 0.495 e. The number of amides is 1. The van der Waals surface area contributed by atoms with Crippen molar-refractivity contribution in [3.05, 3.63) is 24.5 Å². The Kier molecular flexibility index (Phi) is 5.56. The highest BCUT2D eigenvalue weighted by Gasteiger charge is 2.26. The summed E-state index contributed by atoms with van der Waals surface area (Å²) in [6, 6.07) is 3.67. The van der Waals surface area contributed by atoms with Gasteiger partial charge in [-0.25, -0.2) is 0 Å². The number of carbonyl (C=O) groups excluding carboxylic acids is 1. The summed E-state index contributed by atoms with van der Waals surface area (Å²) >= 11 is 0. The Morgan fingerprint density at radius 2 is 2.08 bits per heavy atom. The highest BCUT2D eigenvalue weighted by Crippen LogP contribution is 2.26. The smallest absolute Gasteiger partial charge is 0.226 e. The molecule has 0 unspecified atom stereocenters. The number of methoxy groups -OCH3 is 1. The number of nitrogens with zero attached hydrogens (tertiary/aromatic N) is 3. The van der Waals surface area contributed by atoms with E-state index in [4.69, 9.17) is 4.74 Å². The minimum absolute atomic E-state index is 0.0176. The van der Waals surface area contributed by atoms with Gasteiger partial charge < -0.3 is 15.0 Å². The van der Waals surface area contributed by atoms with Crippen molar-refractivity contribution in [2.45, 2.75) is 33.1 Å². The number of likely N-dealkylation sites (tertiary alicyclic amines) is 1. The molecule has 3 rings (SSSR count). The number of aromatic amines is 1. The summed E-state index contributed by atoms with van der Waals surface area (Å²) in [4.78, 5) is 19.0. The predicted octanol–water partition coefficient (Wildman–Crippen LogP) is 2.93. The third-order valence-corrected chi connectivity index (χ3v) is 4.59. The van der Waals surface area contributed by atoms with E-state index in [0.717, 1.165) is 30.9 Å². The summed E-state index contributed by atoms with van der Waals surface area (Å²) in [7, 11) is 1.60. The van der Waals surface area contributed by atoms with Gasteiger partial charge >= 0.3 is 0 Å². The maximum Gasteiger partial charge on any atom is 0.226 e. The van der Waals surface area contributed by atoms with Crippen LogP contribution in [0.4, 0.5) is 5.82 Å². The molecule has 2 aromatic rings. The second kappa shape index (κ2) is 7.86. The molecule has 1 aliphatic heterocycles. The Labute approximate surface area is 154 Å². The highest BCUT2D eigenvalue weighted by atomic mass is 16.5. The van der Waals surface area contributed by atoms with Crippen LogP contribution in [0, 0.1) is 5.41 Å². The van der Waals surface area contributed by atoms with Gasteiger partial charge in [0.15, 0.2) is 5.82 Å². The Morgan fingerprint density at radius 3 is 2.81 bits per heavy atom. The summed E-state index contributed by atoms with van der Waals surface area (Å²) in [5, 5.41) is 10.0. The first-order chi connectivity index (χ1) is 12.4. The molecule has 2 aromatic heterocycles. The van der Waals surface area contributed by atoms with Gasteiger partial charge in [-0.1, -0.05) is 13.8 Å². The van der Waals surface area contributed by atoms with E-state index in [2.05, 4.69) is 39.2 Å². The van der Waals surface area contributed by atoms with E-state index >= 15 is 0 Å². The van der Waals surface area contributed by atoms with Crippen molar-refractivity contribution < 1.29 is 9.53 Å². The molecule has 0 spiro atoms. The summed E-state index contributed by atoms with van der Waals surface area (Å²) in [5.74, 6) is 1.17. The van der Waals surface area contributed by atoms with Crippen molar-refractivity contribution in [3.63, 3.8) is 0 Å². The number of carbonyl (C=O) groups is 1. The average molecular weight is 357 g/mol. The number of aromatic nitrogens is 3. The number of ether oxygens (including phenoxy) is 1. The quantitative estimate of drug-likeness (QED) is 0.796. The lowest BCUT2D eigenvalue weighted by Gasteiger charge is -2.29. The van der Waals surface area contributed by atoms with E-state index in [0.29, 0.717) is 18.0 Å². The van der Waals surface area contributed by atoms with Crippen molar-refractivity contribution in [2.75, 3.05) is 32.1 Å². The van der Waals surface area contributed by atoms with Crippen LogP contribution < -0.4 is 10.1 Å². The van der Waals surface area contributed by atoms with Crippen LogP contribution in [0.15, 0.2) is 24.5 Å². The molecule has 0 bridgehead atoms. The van der Waals surface area contributed by atoms with Crippen LogP contribution in [0.2, 0.25) is 0 Å². The standard InChI is InChI=1S/C19H27N5O2/c1-19(2,13-24-6-4-5-7-24)10-18(25)21-17-9-16(22-23-17)14-8-15(26-3)12-20-11-14/h8-9,11-12H,4-7,10,13H2,1-3H3,(H2,21,22,23,25). The molecule has 0 saturated carbocycles. The van der Waals surface area contributed by atoms with Crippen LogP contribution in [-0.4, -0.2) is 52.7 Å². The molecule has 1 aliphatic rings. The monoisotopic (exact) mass is 357 g/mol. The summed E-state index contributed by atoms with van der Waals surface area (Å²) in [5.41, 5.74) is 1.57. The SMILES string of the molecule is COc1cncc(-c2cc(NC(=O)CC(C)(C)CN3CCCC3)n[nH]2)c1. The topological polar surface area (TPSA) is 83.1 Å². The summed E-state index contributed by atoms with van der Waals surface area (Å²) in [6.07, 6.45) is 6.35. The number of hydrogen-bond acceptors (Lipinski definition) is 5. The number of anilines is 1. The van der Waals surface area contributed by atoms with E-state index in [1.807, 2.05) is 12.1 Å². The zero-order chi connectivity index (χ0) is 18.6. The molecule has 0 atom stereocenters. The molecule has 7 nitrogen and oxygen atoms in total. The average Bonchev–Trinajstić information content (AvgIpc) is 3.26. The second-order valence-electron chi connectivity index (χ2n) is 7.65. The molecule has 0 aromatic carbocycles. The fourth-order valence-corrected chi connectivity index (χ4v) is 3.44. The van der Waals surface area contributed by atoms with Gasteiger partial charge in [0.05, 0.1) is 19.0 Å². The van der Waals surface area contributed by atoms with E-state index in [9.17, 15) is 4.79 Å². The lowest BCUT2D eigenvalue weighted by atomic mass is 9.88. The first-order valence-corrected chi connectivity index (χ1v) is 9.02. The number of pyridine rings is 1. The molecule has 1 saturated heterocycles. The van der Waals surface area contributed by atoms with Crippen LogP contribution >= 0.6 is 0 Å². The van der Waals surface area contributed by atoms with Crippen molar-refractivity contribution in [3.8, 4) is 17.0 Å². The van der Waals surface area contributed by atoms with Crippen LogP contribution in [0.3, 0.4) is 0 Å². The van der Waals surface area contributed by atoms with E-state index in [-0.39, 0.29) is 11.3 Å². The van der Waals surface area contributed by atoms with Gasteiger partial charge in [-0.05, 0) is 37.4 Å². The maximum atomic E-state index is 12.4. The van der Waals surface area contributed by atoms with Crippen LogP contribution in [0.25, 0.3) is 11.3 Å². The van der Waals surface area contributed by atoms with E-state index in [1.54, 1.807) is 19.5 Å². The second-order valence-corrected chi connectivity index (χ2v) is 7.65. The minimum atomic E-state index is -0.0652. The first kappa shape index (κ1) is 18.4. The fraction of sp³-hybridized carbons (Fsp3) is 0.526. The van der Waals surface area contributed by atoms with Gasteiger partial charge in [-0.3, -0.25) is 14.9 Å². The fourth-order valence-electron chi connectivity index (χ4n) is 3.44. The van der Waals surface area contributed by atoms with E-state index < -0.39 is 0 Å². The Hall–Kier alpha value is -2.41. The van der Waals surface area contributed by atoms with Crippen LogP contribution in [0.5, 0.6) is 5.75 Å². The Morgan fingerprint density at radius 1 is 1.31 bits per heavy atom. The molecular formula is C19H27N5O2. The zero-order valence-corrected chi connectivity index (χ0v) is 15.7. The molecule has 0 aliphatic carbocycles. The van der Waals surface area contributed by atoms with Gasteiger partial charge in [0.2, 0.25) is 5.91 Å². The number of hydrogen-bond donors (Lipinski definition) is 2. The lowest BCUT2D eigenvalue weighted by Crippen LogP contribution is -2.35. The van der Waals surface area contributed by atoms with Gasteiger partial charge in [-0.2, -0.15) is 5.10 Å². The minimum Gasteiger partial charge on any atom is -0.495 e. The maximum absolute atomic E-state index is 12.4. The Balaban J connectivity index is 1.58. The molecule has 0 radical (unpaired) electrons. The molecule has 1 fully saturated rings. The van der Waals surface area contributed by atoms with Crippen molar-refractivity contribution >= 4 is 11.7 Å². The van der Waals surface area contributed by atoms with Gasteiger partial charge in [0, 0.05) is 30.8 Å². The van der Waals surface area contributed by atoms with Gasteiger partial charge in [0.25, 0.3) is 0 Å². The zero-order valence-electron chi connectivity index (χ0n) is 15.7. The number of rotatable bonds is 7. The molecule has 2 N–H and O–H groups in total. The van der Waals surface area contributed by atoms with Crippen LogP contribution in [0.1, 0.15) is 33.1 Å². The van der Waals surface area contributed by atoms with Crippen LogP contribution in [-0.2, 0) is 4.79 Å². The molecule has 140 valence electrons. The normalized spacial score (nSPS) is 15.2. The van der Waals surface area contributed by atoms with Crippen molar-refractivity contribution in [2.24, 2.45) is 5.41 Å². The van der Waals surface area contributed by atoms with Crippen molar-refractivity contribution in [1.29, 1.82) is 0 Å². The Bertz CT molecular complexity index is 750. The predicted molar refractivity (Wildman–Crippen MR) is 101 cm³/mol. The lowest BCUT2D eigenvalue weighted by molar-refractivity contribution is -0.118. The molecule has 26 heavy (non-hydrogen) atoms. The number of H-pyrrole nitrogens is 1. The highest BCUT2D eigenvalue weighted by molar-refractivity contribution is 5.90. The molecular weight excluding hydrogens is 330 g/mol. The molecule has 7 heteroatoms. The third-order valence-electron chi connectivity index (χ3n) is 4.59. The number of nitrogens with one attached hydrogen (secondary N) is 2. The molecule has 1 amide bonds. The third kappa shape index (κ3) is 4.82.